The Morgan fingerprint density at radius 1 is 1.12 bits per heavy atom. The van der Waals surface area contributed by atoms with Gasteiger partial charge in [-0.3, -0.25) is 24.6 Å². The SMILES string of the molecule is COc1ncc(CN2CCN(c3ccc4c(c3)C(=O)N(C3CCC(=O)NC3=O)C4)CC2)cc1C. The number of fused-ring (bicyclic) bond motifs is 1. The second-order valence-electron chi connectivity index (χ2n) is 9.17. The number of piperidine rings is 1. The van der Waals surface area contributed by atoms with Crippen molar-refractivity contribution in [3.63, 3.8) is 0 Å². The number of nitrogens with zero attached hydrogens (tertiary/aromatic N) is 4. The molecule has 3 aliphatic rings. The monoisotopic (exact) mass is 463 g/mol. The zero-order chi connectivity index (χ0) is 23.8. The minimum atomic E-state index is -0.583. The number of carbonyl (C=O) groups is 3. The Labute approximate surface area is 198 Å². The third-order valence-corrected chi connectivity index (χ3v) is 6.94. The zero-order valence-corrected chi connectivity index (χ0v) is 19.5. The van der Waals surface area contributed by atoms with E-state index in [9.17, 15) is 14.4 Å². The summed E-state index contributed by atoms with van der Waals surface area (Å²) in [6.07, 6.45) is 2.51. The lowest BCUT2D eigenvalue weighted by Crippen LogP contribution is -2.52. The van der Waals surface area contributed by atoms with Crippen molar-refractivity contribution in [3.8, 4) is 5.88 Å². The average Bonchev–Trinajstić information content (AvgIpc) is 3.15. The predicted molar refractivity (Wildman–Crippen MR) is 126 cm³/mol. The zero-order valence-electron chi connectivity index (χ0n) is 19.5. The second kappa shape index (κ2) is 9.06. The molecule has 0 radical (unpaired) electrons. The van der Waals surface area contributed by atoms with Crippen LogP contribution in [-0.2, 0) is 22.7 Å². The molecule has 178 valence electrons. The van der Waals surface area contributed by atoms with Crippen molar-refractivity contribution >= 4 is 23.4 Å². The van der Waals surface area contributed by atoms with Crippen LogP contribution in [-0.4, -0.2) is 71.8 Å². The molecule has 0 bridgehead atoms. The van der Waals surface area contributed by atoms with E-state index in [1.807, 2.05) is 25.3 Å². The topological polar surface area (TPSA) is 95.1 Å². The second-order valence-corrected chi connectivity index (χ2v) is 9.17. The number of aromatic nitrogens is 1. The maximum Gasteiger partial charge on any atom is 0.255 e. The summed E-state index contributed by atoms with van der Waals surface area (Å²) in [7, 11) is 1.63. The van der Waals surface area contributed by atoms with Gasteiger partial charge >= 0.3 is 0 Å². The van der Waals surface area contributed by atoms with Gasteiger partial charge in [0, 0.05) is 68.7 Å². The first kappa shape index (κ1) is 22.3. The Morgan fingerprint density at radius 3 is 2.62 bits per heavy atom. The van der Waals surface area contributed by atoms with Gasteiger partial charge < -0.3 is 14.5 Å². The molecule has 2 saturated heterocycles. The summed E-state index contributed by atoms with van der Waals surface area (Å²) in [4.78, 5) is 47.5. The maximum atomic E-state index is 13.1. The van der Waals surface area contributed by atoms with E-state index >= 15 is 0 Å². The molecule has 0 saturated carbocycles. The van der Waals surface area contributed by atoms with Crippen molar-refractivity contribution in [3.05, 3.63) is 52.7 Å². The molecule has 2 fully saturated rings. The summed E-state index contributed by atoms with van der Waals surface area (Å²) in [6, 6.07) is 7.55. The highest BCUT2D eigenvalue weighted by molar-refractivity contribution is 6.05. The van der Waals surface area contributed by atoms with Crippen LogP contribution in [0.4, 0.5) is 5.69 Å². The number of amides is 3. The van der Waals surface area contributed by atoms with Gasteiger partial charge in [-0.15, -0.1) is 0 Å². The van der Waals surface area contributed by atoms with Crippen LogP contribution in [0.3, 0.4) is 0 Å². The quantitative estimate of drug-likeness (QED) is 0.671. The van der Waals surface area contributed by atoms with E-state index in [2.05, 4.69) is 32.2 Å². The fourth-order valence-electron chi connectivity index (χ4n) is 5.08. The Hall–Kier alpha value is -3.46. The summed E-state index contributed by atoms with van der Waals surface area (Å²) in [5.41, 5.74) is 4.82. The van der Waals surface area contributed by atoms with Crippen LogP contribution < -0.4 is 15.0 Å². The van der Waals surface area contributed by atoms with Crippen LogP contribution >= 0.6 is 0 Å². The summed E-state index contributed by atoms with van der Waals surface area (Å²) >= 11 is 0. The number of methoxy groups -OCH3 is 1. The van der Waals surface area contributed by atoms with Crippen LogP contribution in [0.15, 0.2) is 30.5 Å². The molecule has 5 rings (SSSR count). The largest absolute Gasteiger partial charge is 0.481 e. The van der Waals surface area contributed by atoms with Crippen LogP contribution in [0.2, 0.25) is 0 Å². The number of pyridine rings is 1. The lowest BCUT2D eigenvalue weighted by Gasteiger charge is -2.36. The average molecular weight is 464 g/mol. The van der Waals surface area contributed by atoms with E-state index in [1.165, 1.54) is 5.56 Å². The molecule has 1 aromatic carbocycles. The molecular weight excluding hydrogens is 434 g/mol. The van der Waals surface area contributed by atoms with E-state index in [0.29, 0.717) is 24.4 Å². The Bertz CT molecular complexity index is 1140. The number of nitrogens with one attached hydrogen (secondary N) is 1. The van der Waals surface area contributed by atoms with Crippen LogP contribution in [0.5, 0.6) is 5.88 Å². The van der Waals surface area contributed by atoms with Crippen molar-refractivity contribution in [2.75, 3.05) is 38.2 Å². The van der Waals surface area contributed by atoms with E-state index < -0.39 is 6.04 Å². The van der Waals surface area contributed by atoms with Gasteiger partial charge in [0.25, 0.3) is 5.91 Å². The van der Waals surface area contributed by atoms with E-state index in [1.54, 1.807) is 12.0 Å². The van der Waals surface area contributed by atoms with Gasteiger partial charge in [-0.05, 0) is 42.7 Å². The molecule has 9 heteroatoms. The summed E-state index contributed by atoms with van der Waals surface area (Å²) in [5, 5.41) is 2.35. The minimum absolute atomic E-state index is 0.132. The molecule has 4 heterocycles. The minimum Gasteiger partial charge on any atom is -0.481 e. The lowest BCUT2D eigenvalue weighted by molar-refractivity contribution is -0.136. The van der Waals surface area contributed by atoms with E-state index in [4.69, 9.17) is 4.74 Å². The molecule has 0 spiro atoms. The van der Waals surface area contributed by atoms with Gasteiger partial charge in [0.2, 0.25) is 17.7 Å². The highest BCUT2D eigenvalue weighted by atomic mass is 16.5. The fraction of sp³-hybridized carbons (Fsp3) is 0.440. The number of imide groups is 1. The Morgan fingerprint density at radius 2 is 1.91 bits per heavy atom. The molecule has 2 aromatic rings. The molecule has 3 aliphatic heterocycles. The standard InChI is InChI=1S/C25H29N5O4/c1-16-11-17(13-26-24(16)34-2)14-28-7-9-29(10-8-28)19-4-3-18-15-30(25(33)20(18)12-19)21-5-6-22(31)27-23(21)32/h3-4,11-13,21H,5-10,14-15H2,1-2H3,(H,27,31,32). The molecule has 1 N–H and O–H groups in total. The van der Waals surface area contributed by atoms with Crippen molar-refractivity contribution in [1.29, 1.82) is 0 Å². The van der Waals surface area contributed by atoms with Gasteiger partial charge in [0.15, 0.2) is 0 Å². The molecule has 1 atom stereocenters. The molecule has 1 aromatic heterocycles. The first-order chi connectivity index (χ1) is 16.4. The molecule has 3 amide bonds. The number of ether oxygens (including phenoxy) is 1. The van der Waals surface area contributed by atoms with Crippen LogP contribution in [0.1, 0.15) is 39.9 Å². The van der Waals surface area contributed by atoms with E-state index in [0.717, 1.165) is 49.5 Å². The van der Waals surface area contributed by atoms with Crippen molar-refractivity contribution in [2.24, 2.45) is 0 Å². The van der Waals surface area contributed by atoms with Crippen LogP contribution in [0.25, 0.3) is 0 Å². The van der Waals surface area contributed by atoms with E-state index in [-0.39, 0.29) is 24.1 Å². The van der Waals surface area contributed by atoms with Gasteiger partial charge in [0.05, 0.1) is 7.11 Å². The fourth-order valence-corrected chi connectivity index (χ4v) is 5.08. The predicted octanol–water partition coefficient (Wildman–Crippen LogP) is 1.48. The third-order valence-electron chi connectivity index (χ3n) is 6.94. The molecule has 9 nitrogen and oxygen atoms in total. The smallest absolute Gasteiger partial charge is 0.255 e. The third kappa shape index (κ3) is 4.23. The molecular formula is C25H29N5O4. The van der Waals surface area contributed by atoms with Crippen LogP contribution in [0, 0.1) is 6.92 Å². The highest BCUT2D eigenvalue weighted by Gasteiger charge is 2.39. The van der Waals surface area contributed by atoms with Gasteiger partial charge in [0.1, 0.15) is 6.04 Å². The van der Waals surface area contributed by atoms with Gasteiger partial charge in [-0.25, -0.2) is 4.98 Å². The Kier molecular flexibility index (Phi) is 5.95. The highest BCUT2D eigenvalue weighted by Crippen LogP contribution is 2.31. The van der Waals surface area contributed by atoms with Crippen molar-refractivity contribution < 1.29 is 19.1 Å². The number of benzene rings is 1. The number of hydrogen-bond acceptors (Lipinski definition) is 7. The Balaban J connectivity index is 1.21. The summed E-state index contributed by atoms with van der Waals surface area (Å²) in [5.74, 6) is -0.121. The lowest BCUT2D eigenvalue weighted by atomic mass is 10.0. The maximum absolute atomic E-state index is 13.1. The summed E-state index contributed by atoms with van der Waals surface area (Å²) in [6.45, 7) is 6.82. The number of rotatable bonds is 5. The summed E-state index contributed by atoms with van der Waals surface area (Å²) < 4.78 is 5.25. The number of anilines is 1. The van der Waals surface area contributed by atoms with Gasteiger partial charge in [-0.2, -0.15) is 0 Å². The van der Waals surface area contributed by atoms with Crippen molar-refractivity contribution in [2.45, 2.75) is 38.9 Å². The number of carbonyl (C=O) groups excluding carboxylic acids is 3. The molecule has 0 aliphatic carbocycles. The first-order valence-corrected chi connectivity index (χ1v) is 11.7. The normalized spacial score (nSPS) is 21.0. The van der Waals surface area contributed by atoms with Crippen molar-refractivity contribution in [1.82, 2.24) is 20.1 Å². The number of piperazine rings is 1. The number of aryl methyl sites for hydroxylation is 1. The molecule has 1 unspecified atom stereocenters. The van der Waals surface area contributed by atoms with Gasteiger partial charge in [-0.1, -0.05) is 6.07 Å². The molecule has 34 heavy (non-hydrogen) atoms. The number of hydrogen-bond donors (Lipinski definition) is 1. The first-order valence-electron chi connectivity index (χ1n) is 11.7.